The molecule has 4 rings (SSSR count). The van der Waals surface area contributed by atoms with Crippen molar-refractivity contribution in [1.82, 2.24) is 9.80 Å². The van der Waals surface area contributed by atoms with Crippen LogP contribution < -0.4 is 14.8 Å². The maximum Gasteiger partial charge on any atom is 0.238 e. The number of anilines is 1. The van der Waals surface area contributed by atoms with Gasteiger partial charge in [-0.1, -0.05) is 12.8 Å². The molecule has 30 heavy (non-hydrogen) atoms. The average Bonchev–Trinajstić information content (AvgIpc) is 3.03. The number of ketones is 1. The molecule has 0 radical (unpaired) electrons. The van der Waals surface area contributed by atoms with Crippen LogP contribution in [0.4, 0.5) is 5.69 Å². The Bertz CT molecular complexity index is 766. The van der Waals surface area contributed by atoms with E-state index in [4.69, 9.17) is 9.47 Å². The average molecular weight is 416 g/mol. The molecule has 164 valence electrons. The molecule has 3 aliphatic rings. The van der Waals surface area contributed by atoms with Crippen LogP contribution in [0.3, 0.4) is 0 Å². The number of hydrogen-bond acceptors (Lipinski definition) is 6. The molecule has 0 bridgehead atoms. The number of carbonyl (C=O) groups is 2. The summed E-state index contributed by atoms with van der Waals surface area (Å²) in [6.07, 6.45) is 7.71. The Morgan fingerprint density at radius 1 is 0.967 bits per heavy atom. The molecule has 0 saturated carbocycles. The van der Waals surface area contributed by atoms with Crippen LogP contribution in [0.5, 0.6) is 11.5 Å². The van der Waals surface area contributed by atoms with Crippen LogP contribution in [0.1, 0.15) is 55.8 Å². The first-order valence-electron chi connectivity index (χ1n) is 11.3. The summed E-state index contributed by atoms with van der Waals surface area (Å²) in [6.45, 7) is 7.58. The summed E-state index contributed by atoms with van der Waals surface area (Å²) in [5.41, 5.74) is 0.941. The second-order valence-corrected chi connectivity index (χ2v) is 8.79. The lowest BCUT2D eigenvalue weighted by Gasteiger charge is -2.34. The van der Waals surface area contributed by atoms with Crippen LogP contribution in [0.15, 0.2) is 12.1 Å². The third kappa shape index (κ3) is 5.32. The number of ether oxygens (including phenoxy) is 2. The van der Waals surface area contributed by atoms with Crippen molar-refractivity contribution in [3.8, 4) is 11.5 Å². The van der Waals surface area contributed by atoms with E-state index in [2.05, 4.69) is 15.1 Å². The van der Waals surface area contributed by atoms with Crippen LogP contribution in [-0.2, 0) is 4.79 Å². The van der Waals surface area contributed by atoms with Crippen LogP contribution in [0, 0.1) is 5.92 Å². The number of piperidine rings is 1. The number of hydrogen-bond donors (Lipinski definition) is 1. The number of Topliss-reactive ketones (excluding diaryl/α,β-unsaturated/α-hetero) is 1. The highest BCUT2D eigenvalue weighted by molar-refractivity contribution is 6.05. The molecule has 0 spiro atoms. The lowest BCUT2D eigenvalue weighted by atomic mass is 9.96. The molecule has 1 N–H and O–H groups in total. The van der Waals surface area contributed by atoms with E-state index in [9.17, 15) is 9.59 Å². The normalized spacial score (nSPS) is 20.7. The van der Waals surface area contributed by atoms with E-state index in [0.29, 0.717) is 29.3 Å². The molecule has 3 aliphatic heterocycles. The second kappa shape index (κ2) is 9.79. The number of fused-ring (bicyclic) bond motifs is 1. The van der Waals surface area contributed by atoms with Crippen molar-refractivity contribution < 1.29 is 19.1 Å². The molecule has 0 aliphatic carbocycles. The standard InChI is InChI=1S/C23H33N3O4/c1-17(27)19-12-21-22(30-16-29-21)13-20(19)24-23(28)15-26-10-6-18(7-11-26)14-25-8-4-2-3-5-9-25/h12-13,18H,2-11,14-16H2,1H3,(H,24,28). The molecule has 0 aromatic heterocycles. The maximum atomic E-state index is 12.6. The SMILES string of the molecule is CC(=O)c1cc2c(cc1NC(=O)CN1CCC(CN3CCCCCC3)CC1)OCO2. The minimum Gasteiger partial charge on any atom is -0.454 e. The molecule has 1 amide bonds. The van der Waals surface area contributed by atoms with Crippen molar-refractivity contribution in [2.24, 2.45) is 5.92 Å². The monoisotopic (exact) mass is 415 g/mol. The fourth-order valence-corrected chi connectivity index (χ4v) is 4.74. The zero-order chi connectivity index (χ0) is 20.9. The van der Waals surface area contributed by atoms with Crippen LogP contribution in [-0.4, -0.2) is 67.6 Å². The summed E-state index contributed by atoms with van der Waals surface area (Å²) >= 11 is 0. The van der Waals surface area contributed by atoms with Gasteiger partial charge in [-0.2, -0.15) is 0 Å². The quantitative estimate of drug-likeness (QED) is 0.720. The molecule has 3 heterocycles. The number of likely N-dealkylation sites (tertiary alicyclic amines) is 2. The molecule has 7 nitrogen and oxygen atoms in total. The summed E-state index contributed by atoms with van der Waals surface area (Å²) in [6, 6.07) is 3.33. The van der Waals surface area contributed by atoms with Crippen molar-refractivity contribution in [3.05, 3.63) is 17.7 Å². The molecule has 2 fully saturated rings. The first-order valence-corrected chi connectivity index (χ1v) is 11.3. The van der Waals surface area contributed by atoms with Gasteiger partial charge in [-0.05, 0) is 70.8 Å². The Balaban J connectivity index is 1.27. The first-order chi connectivity index (χ1) is 14.6. The number of benzene rings is 1. The third-order valence-electron chi connectivity index (χ3n) is 6.46. The van der Waals surface area contributed by atoms with Gasteiger partial charge in [0.15, 0.2) is 17.3 Å². The summed E-state index contributed by atoms with van der Waals surface area (Å²) in [5.74, 6) is 1.63. The predicted octanol–water partition coefficient (Wildman–Crippen LogP) is 3.14. The zero-order valence-electron chi connectivity index (χ0n) is 18.0. The van der Waals surface area contributed by atoms with E-state index in [0.717, 1.165) is 31.8 Å². The summed E-state index contributed by atoms with van der Waals surface area (Å²) in [7, 11) is 0. The number of nitrogens with one attached hydrogen (secondary N) is 1. The van der Waals surface area contributed by atoms with E-state index in [1.54, 1.807) is 12.1 Å². The molecular weight excluding hydrogens is 382 g/mol. The predicted molar refractivity (Wildman–Crippen MR) is 115 cm³/mol. The van der Waals surface area contributed by atoms with Crippen LogP contribution >= 0.6 is 0 Å². The minimum absolute atomic E-state index is 0.0951. The fourth-order valence-electron chi connectivity index (χ4n) is 4.74. The number of nitrogens with zero attached hydrogens (tertiary/aromatic N) is 2. The zero-order valence-corrected chi connectivity index (χ0v) is 18.0. The summed E-state index contributed by atoms with van der Waals surface area (Å²) in [5, 5.41) is 2.91. The summed E-state index contributed by atoms with van der Waals surface area (Å²) in [4.78, 5) is 29.5. The Labute approximate surface area is 178 Å². The van der Waals surface area contributed by atoms with Crippen LogP contribution in [0.2, 0.25) is 0 Å². The largest absolute Gasteiger partial charge is 0.454 e. The first kappa shape index (κ1) is 21.1. The Kier molecular flexibility index (Phi) is 6.89. The van der Waals surface area contributed by atoms with Crippen LogP contribution in [0.25, 0.3) is 0 Å². The van der Waals surface area contributed by atoms with Gasteiger partial charge in [0.05, 0.1) is 12.2 Å². The van der Waals surface area contributed by atoms with E-state index in [1.165, 1.54) is 52.2 Å². The lowest BCUT2D eigenvalue weighted by molar-refractivity contribution is -0.117. The van der Waals surface area contributed by atoms with E-state index < -0.39 is 0 Å². The highest BCUT2D eigenvalue weighted by Crippen LogP contribution is 2.37. The highest BCUT2D eigenvalue weighted by Gasteiger charge is 2.24. The summed E-state index contributed by atoms with van der Waals surface area (Å²) < 4.78 is 10.7. The molecule has 0 atom stereocenters. The van der Waals surface area contributed by atoms with Gasteiger partial charge >= 0.3 is 0 Å². The van der Waals surface area contributed by atoms with Gasteiger partial charge in [0.1, 0.15) is 0 Å². The smallest absolute Gasteiger partial charge is 0.238 e. The lowest BCUT2D eigenvalue weighted by Crippen LogP contribution is -2.42. The Morgan fingerprint density at radius 2 is 1.63 bits per heavy atom. The molecule has 7 heteroatoms. The van der Waals surface area contributed by atoms with Crippen molar-refractivity contribution in [2.45, 2.75) is 45.4 Å². The number of amides is 1. The van der Waals surface area contributed by atoms with Gasteiger partial charge in [-0.3, -0.25) is 14.5 Å². The van der Waals surface area contributed by atoms with E-state index >= 15 is 0 Å². The molecule has 0 unspecified atom stereocenters. The Hall–Kier alpha value is -2.12. The number of rotatable bonds is 6. The molecule has 1 aromatic rings. The van der Waals surface area contributed by atoms with Gasteiger partial charge in [0, 0.05) is 18.2 Å². The van der Waals surface area contributed by atoms with Crippen molar-refractivity contribution in [1.29, 1.82) is 0 Å². The third-order valence-corrected chi connectivity index (χ3v) is 6.46. The van der Waals surface area contributed by atoms with Gasteiger partial charge in [-0.15, -0.1) is 0 Å². The van der Waals surface area contributed by atoms with Gasteiger partial charge in [-0.25, -0.2) is 0 Å². The molecule has 1 aromatic carbocycles. The fraction of sp³-hybridized carbons (Fsp3) is 0.652. The topological polar surface area (TPSA) is 71.1 Å². The molecule has 2 saturated heterocycles. The van der Waals surface area contributed by atoms with Crippen molar-refractivity contribution in [2.75, 3.05) is 51.4 Å². The number of carbonyl (C=O) groups excluding carboxylic acids is 2. The van der Waals surface area contributed by atoms with E-state index in [-0.39, 0.29) is 18.5 Å². The second-order valence-electron chi connectivity index (χ2n) is 8.79. The Morgan fingerprint density at radius 3 is 2.30 bits per heavy atom. The van der Waals surface area contributed by atoms with Crippen molar-refractivity contribution in [3.63, 3.8) is 0 Å². The minimum atomic E-state index is -0.113. The highest BCUT2D eigenvalue weighted by atomic mass is 16.7. The van der Waals surface area contributed by atoms with Gasteiger partial charge in [0.25, 0.3) is 0 Å². The van der Waals surface area contributed by atoms with Crippen molar-refractivity contribution >= 4 is 17.4 Å². The van der Waals surface area contributed by atoms with E-state index in [1.807, 2.05) is 0 Å². The van der Waals surface area contributed by atoms with Gasteiger partial charge in [0.2, 0.25) is 12.7 Å². The molecular formula is C23H33N3O4. The van der Waals surface area contributed by atoms with Gasteiger partial charge < -0.3 is 19.7 Å². The maximum absolute atomic E-state index is 12.6.